The Bertz CT molecular complexity index is 818. The largest absolute Gasteiger partial charge is 0.483 e. The summed E-state index contributed by atoms with van der Waals surface area (Å²) in [4.78, 5) is 34.9. The van der Waals surface area contributed by atoms with E-state index in [4.69, 9.17) is 4.74 Å². The Kier molecular flexibility index (Phi) is 8.02. The first kappa shape index (κ1) is 21.0. The van der Waals surface area contributed by atoms with E-state index in [1.54, 1.807) is 24.3 Å². The Hall–Kier alpha value is -3.35. The second-order valence-corrected chi connectivity index (χ2v) is 6.02. The van der Waals surface area contributed by atoms with Crippen molar-refractivity contribution < 1.29 is 23.9 Å². The van der Waals surface area contributed by atoms with Gasteiger partial charge in [0, 0.05) is 5.69 Å². The van der Waals surface area contributed by atoms with E-state index >= 15 is 0 Å². The van der Waals surface area contributed by atoms with Crippen molar-refractivity contribution in [1.82, 2.24) is 5.32 Å². The van der Waals surface area contributed by atoms with Crippen molar-refractivity contribution in [1.29, 1.82) is 0 Å². The van der Waals surface area contributed by atoms with Crippen LogP contribution >= 0.6 is 0 Å². The smallest absolute Gasteiger partial charge is 0.325 e. The van der Waals surface area contributed by atoms with Crippen LogP contribution in [0.5, 0.6) is 5.75 Å². The number of hydrogen-bond donors (Lipinski definition) is 2. The molecule has 28 heavy (non-hydrogen) atoms. The minimum Gasteiger partial charge on any atom is -0.483 e. The van der Waals surface area contributed by atoms with Crippen molar-refractivity contribution in [3.63, 3.8) is 0 Å². The molecular formula is C21H24N2O5. The maximum atomic E-state index is 12.1. The van der Waals surface area contributed by atoms with E-state index < -0.39 is 5.97 Å². The topological polar surface area (TPSA) is 93.7 Å². The average Bonchev–Trinajstić information content (AvgIpc) is 2.72. The fourth-order valence-corrected chi connectivity index (χ4v) is 2.47. The molecule has 0 aliphatic rings. The molecule has 7 heteroatoms. The van der Waals surface area contributed by atoms with Gasteiger partial charge in [0.2, 0.25) is 5.91 Å². The molecule has 0 aliphatic carbocycles. The molecule has 0 saturated carbocycles. The summed E-state index contributed by atoms with van der Waals surface area (Å²) in [7, 11) is 1.26. The molecule has 0 unspecified atom stereocenters. The lowest BCUT2D eigenvalue weighted by Crippen LogP contribution is -2.31. The molecule has 0 bridgehead atoms. The summed E-state index contributed by atoms with van der Waals surface area (Å²) >= 11 is 0. The quantitative estimate of drug-likeness (QED) is 0.646. The number of carbonyl (C=O) groups excluding carboxylic acids is 3. The maximum Gasteiger partial charge on any atom is 0.325 e. The number of amides is 2. The number of rotatable bonds is 9. The van der Waals surface area contributed by atoms with Gasteiger partial charge in [-0.15, -0.1) is 0 Å². The minimum absolute atomic E-state index is 0.0886. The van der Waals surface area contributed by atoms with Crippen LogP contribution in [0.3, 0.4) is 0 Å². The van der Waals surface area contributed by atoms with Gasteiger partial charge in [-0.2, -0.15) is 0 Å². The molecule has 0 atom stereocenters. The molecule has 0 saturated heterocycles. The van der Waals surface area contributed by atoms with E-state index in [0.29, 0.717) is 11.4 Å². The first-order valence-electron chi connectivity index (χ1n) is 8.94. The molecule has 2 rings (SSSR count). The van der Waals surface area contributed by atoms with Crippen LogP contribution in [0.1, 0.15) is 18.1 Å². The van der Waals surface area contributed by atoms with Crippen LogP contribution in [-0.4, -0.2) is 38.0 Å². The molecule has 2 aromatic rings. The van der Waals surface area contributed by atoms with E-state index in [-0.39, 0.29) is 31.4 Å². The summed E-state index contributed by atoms with van der Waals surface area (Å²) in [5, 5.41) is 5.22. The number of anilines is 1. The SMILES string of the molecule is CCc1ccccc1OCC(=O)Nc1ccc(CC(=O)NCC(=O)OC)cc1. The fraction of sp³-hybridized carbons (Fsp3) is 0.286. The van der Waals surface area contributed by atoms with Crippen molar-refractivity contribution in [3.05, 3.63) is 59.7 Å². The molecular weight excluding hydrogens is 360 g/mol. The van der Waals surface area contributed by atoms with Gasteiger partial charge < -0.3 is 20.1 Å². The van der Waals surface area contributed by atoms with Crippen molar-refractivity contribution in [2.24, 2.45) is 0 Å². The van der Waals surface area contributed by atoms with Crippen LogP contribution in [0.2, 0.25) is 0 Å². The van der Waals surface area contributed by atoms with Crippen LogP contribution in [0.25, 0.3) is 0 Å². The van der Waals surface area contributed by atoms with Crippen LogP contribution in [0, 0.1) is 0 Å². The molecule has 7 nitrogen and oxygen atoms in total. The van der Waals surface area contributed by atoms with E-state index in [2.05, 4.69) is 15.4 Å². The number of aryl methyl sites for hydroxylation is 1. The van der Waals surface area contributed by atoms with Crippen molar-refractivity contribution >= 4 is 23.5 Å². The van der Waals surface area contributed by atoms with Gasteiger partial charge in [-0.05, 0) is 35.7 Å². The number of nitrogens with one attached hydrogen (secondary N) is 2. The first-order chi connectivity index (χ1) is 13.5. The third kappa shape index (κ3) is 6.75. The molecule has 2 amide bonds. The number of esters is 1. The molecule has 2 aromatic carbocycles. The molecule has 148 valence electrons. The fourth-order valence-electron chi connectivity index (χ4n) is 2.47. The highest BCUT2D eigenvalue weighted by atomic mass is 16.5. The zero-order valence-corrected chi connectivity index (χ0v) is 16.0. The Balaban J connectivity index is 1.80. The molecule has 0 fully saturated rings. The van der Waals surface area contributed by atoms with E-state index in [0.717, 1.165) is 17.5 Å². The van der Waals surface area contributed by atoms with Crippen molar-refractivity contribution in [2.75, 3.05) is 25.6 Å². The van der Waals surface area contributed by atoms with Gasteiger partial charge in [-0.3, -0.25) is 14.4 Å². The standard InChI is InChI=1S/C21H24N2O5/c1-3-16-6-4-5-7-18(16)28-14-20(25)23-17-10-8-15(9-11-17)12-19(24)22-13-21(26)27-2/h4-11H,3,12-14H2,1-2H3,(H,22,24)(H,23,25). The molecule has 0 aromatic heterocycles. The van der Waals surface area contributed by atoms with Crippen LogP contribution in [0.15, 0.2) is 48.5 Å². The number of ether oxygens (including phenoxy) is 2. The maximum absolute atomic E-state index is 12.1. The lowest BCUT2D eigenvalue weighted by molar-refractivity contribution is -0.141. The summed E-state index contributed by atoms with van der Waals surface area (Å²) in [6.45, 7) is 1.78. The highest BCUT2D eigenvalue weighted by Gasteiger charge is 2.08. The van der Waals surface area contributed by atoms with Crippen LogP contribution < -0.4 is 15.4 Å². The zero-order valence-electron chi connectivity index (χ0n) is 16.0. The minimum atomic E-state index is -0.504. The van der Waals surface area contributed by atoms with Gasteiger partial charge >= 0.3 is 5.97 Å². The average molecular weight is 384 g/mol. The molecule has 0 heterocycles. The Labute approximate surface area is 164 Å². The van der Waals surface area contributed by atoms with Gasteiger partial charge in [0.25, 0.3) is 5.91 Å². The van der Waals surface area contributed by atoms with Crippen molar-refractivity contribution in [2.45, 2.75) is 19.8 Å². The molecule has 0 spiro atoms. The third-order valence-electron chi connectivity index (χ3n) is 3.97. The Morgan fingerprint density at radius 2 is 1.68 bits per heavy atom. The number of methoxy groups -OCH3 is 1. The number of benzene rings is 2. The van der Waals surface area contributed by atoms with Gasteiger partial charge in [0.1, 0.15) is 12.3 Å². The predicted octanol–water partition coefficient (Wildman–Crippen LogP) is 2.10. The summed E-state index contributed by atoms with van der Waals surface area (Å²) in [5.41, 5.74) is 2.41. The monoisotopic (exact) mass is 384 g/mol. The molecule has 2 N–H and O–H groups in total. The predicted molar refractivity (Wildman–Crippen MR) is 105 cm³/mol. The van der Waals surface area contributed by atoms with Gasteiger partial charge in [-0.25, -0.2) is 0 Å². The molecule has 0 radical (unpaired) electrons. The van der Waals surface area contributed by atoms with Gasteiger partial charge in [0.05, 0.1) is 13.5 Å². The summed E-state index contributed by atoms with van der Waals surface area (Å²) in [6.07, 6.45) is 0.953. The van der Waals surface area contributed by atoms with E-state index in [9.17, 15) is 14.4 Å². The lowest BCUT2D eigenvalue weighted by Gasteiger charge is -2.11. The van der Waals surface area contributed by atoms with Gasteiger partial charge in [-0.1, -0.05) is 37.3 Å². The van der Waals surface area contributed by atoms with Crippen molar-refractivity contribution in [3.8, 4) is 5.75 Å². The highest BCUT2D eigenvalue weighted by Crippen LogP contribution is 2.18. The lowest BCUT2D eigenvalue weighted by atomic mass is 10.1. The summed E-state index contributed by atoms with van der Waals surface area (Å²) in [6, 6.07) is 14.5. The second kappa shape index (κ2) is 10.7. The van der Waals surface area contributed by atoms with E-state index in [1.807, 2.05) is 31.2 Å². The zero-order chi connectivity index (χ0) is 20.4. The third-order valence-corrected chi connectivity index (χ3v) is 3.97. The van der Waals surface area contributed by atoms with Crippen LogP contribution in [0.4, 0.5) is 5.69 Å². The van der Waals surface area contributed by atoms with E-state index in [1.165, 1.54) is 7.11 Å². The Morgan fingerprint density at radius 3 is 2.36 bits per heavy atom. The summed E-state index contributed by atoms with van der Waals surface area (Å²) in [5.74, 6) is -0.358. The number of hydrogen-bond acceptors (Lipinski definition) is 5. The number of para-hydroxylation sites is 1. The van der Waals surface area contributed by atoms with Crippen LogP contribution in [-0.2, 0) is 32.0 Å². The number of carbonyl (C=O) groups is 3. The summed E-state index contributed by atoms with van der Waals surface area (Å²) < 4.78 is 10.1. The highest BCUT2D eigenvalue weighted by molar-refractivity contribution is 5.92. The molecule has 0 aliphatic heterocycles. The first-order valence-corrected chi connectivity index (χ1v) is 8.94. The Morgan fingerprint density at radius 1 is 0.964 bits per heavy atom. The van der Waals surface area contributed by atoms with Gasteiger partial charge in [0.15, 0.2) is 6.61 Å². The normalized spacial score (nSPS) is 10.1. The second-order valence-electron chi connectivity index (χ2n) is 6.02.